The van der Waals surface area contributed by atoms with Gasteiger partial charge in [0.25, 0.3) is 0 Å². The number of nitrogens with zero attached hydrogens (tertiary/aromatic N) is 2. The monoisotopic (exact) mass is 322 g/mol. The number of benzene rings is 1. The maximum atomic E-state index is 13.0. The molecule has 1 heterocycles. The molecule has 4 N–H and O–H groups in total. The van der Waals surface area contributed by atoms with Crippen molar-refractivity contribution in [2.45, 2.75) is 19.0 Å². The molecule has 0 aliphatic carbocycles. The van der Waals surface area contributed by atoms with Gasteiger partial charge >= 0.3 is 12.6 Å². The number of amides is 1. The fraction of sp³-hybridized carbons (Fsp3) is 0.200. The molecule has 122 valence electrons. The summed E-state index contributed by atoms with van der Waals surface area (Å²) in [7, 11) is 0. The number of nitrogen functional groups attached to an aromatic ring is 1. The quantitative estimate of drug-likeness (QED) is 0.710. The van der Waals surface area contributed by atoms with Gasteiger partial charge in [-0.05, 0) is 18.1 Å². The SMILES string of the molecule is C=CCC(NC(=O)O)c1cccc(-c2c(N)cnn2C(F)F)c1. The molecule has 1 amide bonds. The molecule has 6 nitrogen and oxygen atoms in total. The Kier molecular flexibility index (Phi) is 4.95. The fourth-order valence-corrected chi connectivity index (χ4v) is 2.32. The van der Waals surface area contributed by atoms with Gasteiger partial charge in [0.1, 0.15) is 0 Å². The van der Waals surface area contributed by atoms with Crippen molar-refractivity contribution >= 4 is 11.8 Å². The largest absolute Gasteiger partial charge is 0.465 e. The van der Waals surface area contributed by atoms with E-state index in [1.54, 1.807) is 30.3 Å². The van der Waals surface area contributed by atoms with Crippen molar-refractivity contribution in [3.05, 3.63) is 48.7 Å². The maximum absolute atomic E-state index is 13.0. The van der Waals surface area contributed by atoms with Crippen molar-refractivity contribution in [3.63, 3.8) is 0 Å². The first-order valence-electron chi connectivity index (χ1n) is 6.75. The van der Waals surface area contributed by atoms with E-state index >= 15 is 0 Å². The molecule has 1 atom stereocenters. The Labute approximate surface area is 131 Å². The minimum absolute atomic E-state index is 0.0922. The molecule has 0 fully saturated rings. The molecule has 1 unspecified atom stereocenters. The van der Waals surface area contributed by atoms with Gasteiger partial charge in [-0.1, -0.05) is 24.3 Å². The average Bonchev–Trinajstić information content (AvgIpc) is 2.88. The van der Waals surface area contributed by atoms with Crippen LogP contribution in [0.1, 0.15) is 24.6 Å². The van der Waals surface area contributed by atoms with Gasteiger partial charge in [0.2, 0.25) is 0 Å². The van der Waals surface area contributed by atoms with E-state index in [-0.39, 0.29) is 11.4 Å². The summed E-state index contributed by atoms with van der Waals surface area (Å²) in [5, 5.41) is 14.8. The van der Waals surface area contributed by atoms with Gasteiger partial charge in [0.05, 0.1) is 23.6 Å². The van der Waals surface area contributed by atoms with Crippen molar-refractivity contribution in [2.75, 3.05) is 5.73 Å². The van der Waals surface area contributed by atoms with Crippen LogP contribution in [-0.4, -0.2) is 21.0 Å². The number of nitrogens with two attached hydrogens (primary N) is 1. The lowest BCUT2D eigenvalue weighted by molar-refractivity contribution is 0.0585. The first kappa shape index (κ1) is 16.5. The lowest BCUT2D eigenvalue weighted by atomic mass is 10.00. The topological polar surface area (TPSA) is 93.2 Å². The van der Waals surface area contributed by atoms with E-state index in [2.05, 4.69) is 17.0 Å². The Balaban J connectivity index is 2.45. The average molecular weight is 322 g/mol. The van der Waals surface area contributed by atoms with Crippen LogP contribution in [0.5, 0.6) is 0 Å². The Morgan fingerprint density at radius 2 is 2.26 bits per heavy atom. The van der Waals surface area contributed by atoms with Crippen LogP contribution in [0.25, 0.3) is 11.3 Å². The molecule has 0 bridgehead atoms. The van der Waals surface area contributed by atoms with Crippen LogP contribution < -0.4 is 11.1 Å². The Morgan fingerprint density at radius 3 is 2.87 bits per heavy atom. The summed E-state index contributed by atoms with van der Waals surface area (Å²) in [5.41, 5.74) is 6.99. The predicted octanol–water partition coefficient (Wildman–Crippen LogP) is 3.41. The van der Waals surface area contributed by atoms with E-state index in [9.17, 15) is 13.6 Å². The van der Waals surface area contributed by atoms with Crippen molar-refractivity contribution in [1.29, 1.82) is 0 Å². The predicted molar refractivity (Wildman–Crippen MR) is 82.0 cm³/mol. The van der Waals surface area contributed by atoms with E-state index in [4.69, 9.17) is 10.8 Å². The smallest absolute Gasteiger partial charge is 0.405 e. The number of carboxylic acid groups (broad SMARTS) is 1. The number of halogens is 2. The molecule has 0 spiro atoms. The Bertz CT molecular complexity index is 715. The molecule has 8 heteroatoms. The maximum Gasteiger partial charge on any atom is 0.405 e. The molecule has 0 aliphatic heterocycles. The van der Waals surface area contributed by atoms with Crippen LogP contribution in [0.2, 0.25) is 0 Å². The first-order valence-corrected chi connectivity index (χ1v) is 6.75. The van der Waals surface area contributed by atoms with Crippen LogP contribution in [0.4, 0.5) is 19.3 Å². The Morgan fingerprint density at radius 1 is 1.52 bits per heavy atom. The summed E-state index contributed by atoms with van der Waals surface area (Å²) in [6.45, 7) is 0.764. The van der Waals surface area contributed by atoms with Crippen LogP contribution >= 0.6 is 0 Å². The molecule has 0 aliphatic rings. The molecular formula is C15H16F2N4O2. The zero-order valence-corrected chi connectivity index (χ0v) is 12.1. The number of rotatable bonds is 6. The van der Waals surface area contributed by atoms with Gasteiger partial charge in [-0.2, -0.15) is 13.9 Å². The summed E-state index contributed by atoms with van der Waals surface area (Å²) in [6, 6.07) is 6.03. The van der Waals surface area contributed by atoms with Gasteiger partial charge in [-0.15, -0.1) is 6.58 Å². The highest BCUT2D eigenvalue weighted by Crippen LogP contribution is 2.31. The van der Waals surface area contributed by atoms with Crippen molar-refractivity contribution in [3.8, 4) is 11.3 Å². The molecule has 1 aromatic heterocycles. The van der Waals surface area contributed by atoms with E-state index in [1.807, 2.05) is 0 Å². The van der Waals surface area contributed by atoms with Crippen molar-refractivity contribution in [1.82, 2.24) is 15.1 Å². The van der Waals surface area contributed by atoms with Gasteiger partial charge in [-0.3, -0.25) is 0 Å². The van der Waals surface area contributed by atoms with Crippen LogP contribution in [0.3, 0.4) is 0 Å². The molecule has 0 saturated heterocycles. The van der Waals surface area contributed by atoms with E-state index in [1.165, 1.54) is 0 Å². The highest BCUT2D eigenvalue weighted by Gasteiger charge is 2.19. The van der Waals surface area contributed by atoms with Crippen LogP contribution in [0.15, 0.2) is 43.1 Å². The zero-order valence-electron chi connectivity index (χ0n) is 12.1. The summed E-state index contributed by atoms with van der Waals surface area (Å²) >= 11 is 0. The van der Waals surface area contributed by atoms with Gasteiger partial charge in [-0.25, -0.2) is 9.48 Å². The summed E-state index contributed by atoms with van der Waals surface area (Å²) in [6.07, 6.45) is 1.91. The normalized spacial score (nSPS) is 12.1. The number of hydrogen-bond donors (Lipinski definition) is 3. The first-order chi connectivity index (χ1) is 10.9. The fourth-order valence-electron chi connectivity index (χ4n) is 2.32. The third-order valence-electron chi connectivity index (χ3n) is 3.27. The molecule has 0 radical (unpaired) electrons. The highest BCUT2D eigenvalue weighted by atomic mass is 19.3. The molecule has 23 heavy (non-hydrogen) atoms. The minimum Gasteiger partial charge on any atom is -0.465 e. The second-order valence-corrected chi connectivity index (χ2v) is 4.82. The van der Waals surface area contributed by atoms with Crippen molar-refractivity contribution in [2.24, 2.45) is 0 Å². The second-order valence-electron chi connectivity index (χ2n) is 4.82. The molecular weight excluding hydrogens is 306 g/mol. The lowest BCUT2D eigenvalue weighted by Gasteiger charge is -2.17. The third-order valence-corrected chi connectivity index (χ3v) is 3.27. The summed E-state index contributed by atoms with van der Waals surface area (Å²) in [4.78, 5) is 10.9. The van der Waals surface area contributed by atoms with E-state index in [0.717, 1.165) is 6.20 Å². The van der Waals surface area contributed by atoms with Gasteiger partial charge in [0, 0.05) is 5.56 Å². The zero-order chi connectivity index (χ0) is 17.0. The summed E-state index contributed by atoms with van der Waals surface area (Å²) < 4.78 is 26.6. The Hall–Kier alpha value is -2.90. The lowest BCUT2D eigenvalue weighted by Crippen LogP contribution is -2.26. The molecule has 0 saturated carbocycles. The minimum atomic E-state index is -2.83. The molecule has 2 aromatic rings. The number of aromatic nitrogens is 2. The number of alkyl halides is 2. The van der Waals surface area contributed by atoms with Gasteiger partial charge in [0.15, 0.2) is 0 Å². The molecule has 2 rings (SSSR count). The third kappa shape index (κ3) is 3.65. The number of anilines is 1. The second kappa shape index (κ2) is 6.91. The van der Waals surface area contributed by atoms with E-state index < -0.39 is 18.7 Å². The van der Waals surface area contributed by atoms with Crippen molar-refractivity contribution < 1.29 is 18.7 Å². The standard InChI is InChI=1S/C15H16F2N4O2/c1-2-4-12(20-15(22)23)9-5-3-6-10(7-9)13-11(18)8-19-21(13)14(16)17/h2-3,5-8,12,14,20H,1,4,18H2,(H,22,23). The van der Waals surface area contributed by atoms with Crippen LogP contribution in [-0.2, 0) is 0 Å². The number of hydrogen-bond acceptors (Lipinski definition) is 3. The van der Waals surface area contributed by atoms with Gasteiger partial charge < -0.3 is 16.2 Å². The number of nitrogens with one attached hydrogen (secondary N) is 1. The molecule has 1 aromatic carbocycles. The summed E-state index contributed by atoms with van der Waals surface area (Å²) in [5.74, 6) is 0. The van der Waals surface area contributed by atoms with E-state index in [0.29, 0.717) is 22.2 Å². The number of carbonyl (C=O) groups is 1. The highest BCUT2D eigenvalue weighted by molar-refractivity contribution is 5.73. The van der Waals surface area contributed by atoms with Crippen LogP contribution in [0, 0.1) is 0 Å².